The zero-order chi connectivity index (χ0) is 19.9. The van der Waals surface area contributed by atoms with E-state index in [4.69, 9.17) is 4.74 Å². The zero-order valence-electron chi connectivity index (χ0n) is 15.3. The van der Waals surface area contributed by atoms with Gasteiger partial charge < -0.3 is 4.74 Å². The van der Waals surface area contributed by atoms with Crippen LogP contribution in [0.3, 0.4) is 0 Å². The van der Waals surface area contributed by atoms with E-state index in [1.165, 1.54) is 17.7 Å². The number of nitro benzene ring substituents is 1. The van der Waals surface area contributed by atoms with Crippen LogP contribution in [0.4, 0.5) is 5.69 Å². The van der Waals surface area contributed by atoms with E-state index in [-0.39, 0.29) is 5.69 Å². The Morgan fingerprint density at radius 1 is 1.11 bits per heavy atom. The summed E-state index contributed by atoms with van der Waals surface area (Å²) in [6.45, 7) is 2.52. The Morgan fingerprint density at radius 3 is 2.54 bits per heavy atom. The number of benzene rings is 3. The normalized spacial score (nSPS) is 10.9. The highest BCUT2D eigenvalue weighted by atomic mass is 16.6. The maximum atomic E-state index is 10.9. The zero-order valence-corrected chi connectivity index (χ0v) is 15.3. The summed E-state index contributed by atoms with van der Waals surface area (Å²) < 4.78 is 5.80. The van der Waals surface area contributed by atoms with E-state index < -0.39 is 4.92 Å². The first kappa shape index (κ1) is 18.9. The molecule has 0 aliphatic carbocycles. The lowest BCUT2D eigenvalue weighted by Crippen LogP contribution is -1.95. The van der Waals surface area contributed by atoms with E-state index in [0.29, 0.717) is 17.7 Å². The summed E-state index contributed by atoms with van der Waals surface area (Å²) in [6, 6.07) is 23.7. The second kappa shape index (κ2) is 8.65. The van der Waals surface area contributed by atoms with Crippen molar-refractivity contribution in [1.82, 2.24) is 0 Å². The number of nitriles is 1. The largest absolute Gasteiger partial charge is 0.489 e. The van der Waals surface area contributed by atoms with Crippen LogP contribution in [0.1, 0.15) is 22.3 Å². The lowest BCUT2D eigenvalue weighted by atomic mass is 10.0. The van der Waals surface area contributed by atoms with Crippen LogP contribution in [0, 0.1) is 28.4 Å². The van der Waals surface area contributed by atoms with Crippen molar-refractivity contribution in [1.29, 1.82) is 5.26 Å². The Hall–Kier alpha value is -3.91. The van der Waals surface area contributed by atoms with E-state index in [1.807, 2.05) is 49.4 Å². The quantitative estimate of drug-likeness (QED) is 0.247. The van der Waals surface area contributed by atoms with Gasteiger partial charge in [-0.3, -0.25) is 10.1 Å². The molecule has 5 nitrogen and oxygen atoms in total. The van der Waals surface area contributed by atoms with Gasteiger partial charge in [0, 0.05) is 12.1 Å². The molecule has 3 aromatic carbocycles. The molecule has 0 bridgehead atoms. The van der Waals surface area contributed by atoms with Crippen molar-refractivity contribution in [3.8, 4) is 11.8 Å². The summed E-state index contributed by atoms with van der Waals surface area (Å²) >= 11 is 0. The van der Waals surface area contributed by atoms with Crippen molar-refractivity contribution in [2.45, 2.75) is 13.5 Å². The van der Waals surface area contributed by atoms with E-state index in [1.54, 1.807) is 18.2 Å². The third-order valence-electron chi connectivity index (χ3n) is 4.17. The fourth-order valence-electron chi connectivity index (χ4n) is 2.76. The highest BCUT2D eigenvalue weighted by Crippen LogP contribution is 2.23. The van der Waals surface area contributed by atoms with Gasteiger partial charge in [-0.2, -0.15) is 5.26 Å². The Balaban J connectivity index is 1.74. The van der Waals surface area contributed by atoms with Crippen molar-refractivity contribution >= 4 is 17.3 Å². The summed E-state index contributed by atoms with van der Waals surface area (Å²) in [4.78, 5) is 10.5. The van der Waals surface area contributed by atoms with Crippen LogP contribution in [-0.2, 0) is 6.61 Å². The molecule has 0 N–H and O–H groups in total. The van der Waals surface area contributed by atoms with Gasteiger partial charge in [0.2, 0.25) is 0 Å². The van der Waals surface area contributed by atoms with E-state index >= 15 is 0 Å². The smallest absolute Gasteiger partial charge is 0.270 e. The molecule has 3 aromatic rings. The number of non-ortho nitro benzene ring substituents is 1. The van der Waals surface area contributed by atoms with Gasteiger partial charge in [0.25, 0.3) is 5.69 Å². The maximum Gasteiger partial charge on any atom is 0.270 e. The first-order valence-electron chi connectivity index (χ1n) is 8.70. The average Bonchev–Trinajstić information content (AvgIpc) is 2.71. The summed E-state index contributed by atoms with van der Waals surface area (Å²) in [7, 11) is 0. The first-order chi connectivity index (χ1) is 13.5. The Morgan fingerprint density at radius 2 is 1.86 bits per heavy atom. The third kappa shape index (κ3) is 4.83. The molecule has 5 heteroatoms. The van der Waals surface area contributed by atoms with Crippen LogP contribution in [-0.4, -0.2) is 4.92 Å². The molecule has 138 valence electrons. The Bertz CT molecular complexity index is 1060. The Labute approximate surface area is 163 Å². The van der Waals surface area contributed by atoms with Gasteiger partial charge in [-0.15, -0.1) is 0 Å². The van der Waals surface area contributed by atoms with Gasteiger partial charge in [0.05, 0.1) is 16.6 Å². The molecule has 0 amide bonds. The lowest BCUT2D eigenvalue weighted by molar-refractivity contribution is -0.384. The highest BCUT2D eigenvalue weighted by Gasteiger charge is 2.09. The van der Waals surface area contributed by atoms with Crippen LogP contribution in [0.15, 0.2) is 72.8 Å². The second-order valence-corrected chi connectivity index (χ2v) is 6.32. The molecular formula is C23H18N2O3. The number of aryl methyl sites for hydroxylation is 1. The molecule has 0 saturated carbocycles. The predicted octanol–water partition coefficient (Wildman–Crippen LogP) is 5.55. The van der Waals surface area contributed by atoms with Crippen molar-refractivity contribution in [2.75, 3.05) is 0 Å². The van der Waals surface area contributed by atoms with Crippen LogP contribution in [0.25, 0.3) is 11.6 Å². The molecule has 0 radical (unpaired) electrons. The van der Waals surface area contributed by atoms with Gasteiger partial charge in [0.1, 0.15) is 12.4 Å². The summed E-state index contributed by atoms with van der Waals surface area (Å²) in [5, 5.41) is 20.4. The number of ether oxygens (including phenoxy) is 1. The van der Waals surface area contributed by atoms with E-state index in [9.17, 15) is 15.4 Å². The third-order valence-corrected chi connectivity index (χ3v) is 4.17. The fraction of sp³-hybridized carbons (Fsp3) is 0.0870. The van der Waals surface area contributed by atoms with Crippen molar-refractivity contribution < 1.29 is 9.66 Å². The molecule has 0 aromatic heterocycles. The molecule has 0 saturated heterocycles. The molecule has 0 atom stereocenters. The van der Waals surface area contributed by atoms with Crippen LogP contribution in [0.5, 0.6) is 5.75 Å². The van der Waals surface area contributed by atoms with Gasteiger partial charge in [0.15, 0.2) is 0 Å². The van der Waals surface area contributed by atoms with E-state index in [2.05, 4.69) is 12.1 Å². The highest BCUT2D eigenvalue weighted by molar-refractivity contribution is 5.90. The molecule has 0 heterocycles. The first-order valence-corrected chi connectivity index (χ1v) is 8.70. The van der Waals surface area contributed by atoms with Gasteiger partial charge in [-0.05, 0) is 41.8 Å². The molecule has 0 spiro atoms. The predicted molar refractivity (Wildman–Crippen MR) is 109 cm³/mol. The number of allylic oxidation sites excluding steroid dienone is 1. The molecule has 0 aliphatic rings. The summed E-state index contributed by atoms with van der Waals surface area (Å²) in [5.74, 6) is 0.729. The van der Waals surface area contributed by atoms with Crippen LogP contribution >= 0.6 is 0 Å². The maximum absolute atomic E-state index is 10.9. The monoisotopic (exact) mass is 370 g/mol. The van der Waals surface area contributed by atoms with E-state index in [0.717, 1.165) is 16.9 Å². The van der Waals surface area contributed by atoms with Crippen molar-refractivity contribution in [2.24, 2.45) is 0 Å². The SMILES string of the molecule is Cc1cccc(COc2ccc(C=C(C#N)c3cccc([N+](=O)[O-])c3)cc2)c1. The van der Waals surface area contributed by atoms with Gasteiger partial charge in [-0.1, -0.05) is 54.1 Å². The number of hydrogen-bond donors (Lipinski definition) is 0. The molecule has 0 unspecified atom stereocenters. The van der Waals surface area contributed by atoms with Gasteiger partial charge in [-0.25, -0.2) is 0 Å². The van der Waals surface area contributed by atoms with Crippen molar-refractivity contribution in [3.63, 3.8) is 0 Å². The molecule has 0 fully saturated rings. The minimum absolute atomic E-state index is 0.0430. The summed E-state index contributed by atoms with van der Waals surface area (Å²) in [5.41, 5.74) is 3.92. The van der Waals surface area contributed by atoms with Crippen LogP contribution < -0.4 is 4.74 Å². The summed E-state index contributed by atoms with van der Waals surface area (Å²) in [6.07, 6.45) is 1.70. The fourth-order valence-corrected chi connectivity index (χ4v) is 2.76. The molecular weight excluding hydrogens is 352 g/mol. The number of nitrogens with zero attached hydrogens (tertiary/aromatic N) is 2. The second-order valence-electron chi connectivity index (χ2n) is 6.32. The minimum atomic E-state index is -0.473. The number of hydrogen-bond acceptors (Lipinski definition) is 4. The number of rotatable bonds is 6. The lowest BCUT2D eigenvalue weighted by Gasteiger charge is -2.07. The molecule has 28 heavy (non-hydrogen) atoms. The van der Waals surface area contributed by atoms with Gasteiger partial charge >= 0.3 is 0 Å². The average molecular weight is 370 g/mol. The standard InChI is InChI=1S/C23H18N2O3/c1-17-4-2-5-19(12-17)16-28-23-10-8-18(9-11-23)13-21(15-24)20-6-3-7-22(14-20)25(26)27/h2-14H,16H2,1H3. The molecule has 0 aliphatic heterocycles. The topological polar surface area (TPSA) is 76.2 Å². The minimum Gasteiger partial charge on any atom is -0.489 e. The Kier molecular flexibility index (Phi) is 5.83. The number of nitro groups is 1. The molecule has 3 rings (SSSR count). The van der Waals surface area contributed by atoms with Crippen molar-refractivity contribution in [3.05, 3.63) is 105 Å². The van der Waals surface area contributed by atoms with Crippen LogP contribution in [0.2, 0.25) is 0 Å².